The van der Waals surface area contributed by atoms with Crippen LogP contribution in [0, 0.1) is 6.92 Å². The number of ether oxygens (including phenoxy) is 1. The number of esters is 1. The highest BCUT2D eigenvalue weighted by molar-refractivity contribution is 14.0. The van der Waals surface area contributed by atoms with Gasteiger partial charge in [0.25, 0.3) is 0 Å². The summed E-state index contributed by atoms with van der Waals surface area (Å²) in [6.07, 6.45) is 4.04. The SMILES string of the molecule is CCNC(=NCc1ncc(C)s1)NCCCCC(=O)OC.I. The maximum atomic E-state index is 11.0. The summed E-state index contributed by atoms with van der Waals surface area (Å²) >= 11 is 1.66. The number of aryl methyl sites for hydroxylation is 1. The van der Waals surface area contributed by atoms with Crippen LogP contribution in [0.15, 0.2) is 11.2 Å². The van der Waals surface area contributed by atoms with Gasteiger partial charge in [0.1, 0.15) is 5.01 Å². The second-order valence-electron chi connectivity index (χ2n) is 4.52. The minimum absolute atomic E-state index is 0. The van der Waals surface area contributed by atoms with E-state index in [1.807, 2.05) is 20.0 Å². The molecule has 0 aliphatic carbocycles. The standard InChI is InChI=1S/C14H24N4O2S.HI/c1-4-15-14(16-8-6-5-7-13(19)20-3)18-10-12-17-9-11(2)21-12;/h9H,4-8,10H2,1-3H3,(H2,15,16,18);1H. The maximum Gasteiger partial charge on any atom is 0.305 e. The Labute approximate surface area is 153 Å². The third-order valence-corrected chi connectivity index (χ3v) is 3.61. The Morgan fingerprint density at radius 1 is 1.41 bits per heavy atom. The number of methoxy groups -OCH3 is 1. The van der Waals surface area contributed by atoms with Gasteiger partial charge in [0.2, 0.25) is 0 Å². The molecule has 1 heterocycles. The number of carbonyl (C=O) groups excluding carboxylic acids is 1. The minimum atomic E-state index is -0.158. The van der Waals surface area contributed by atoms with Gasteiger partial charge in [-0.05, 0) is 26.7 Å². The van der Waals surface area contributed by atoms with E-state index in [0.29, 0.717) is 13.0 Å². The Hall–Kier alpha value is -0.900. The van der Waals surface area contributed by atoms with Crippen molar-refractivity contribution < 1.29 is 9.53 Å². The largest absolute Gasteiger partial charge is 0.469 e. The molecule has 0 aliphatic heterocycles. The molecule has 0 aromatic carbocycles. The fraction of sp³-hybridized carbons (Fsp3) is 0.643. The van der Waals surface area contributed by atoms with E-state index in [0.717, 1.165) is 36.9 Å². The van der Waals surface area contributed by atoms with Crippen LogP contribution in [-0.4, -0.2) is 37.1 Å². The summed E-state index contributed by atoms with van der Waals surface area (Å²) in [5.41, 5.74) is 0. The Bertz CT molecular complexity index is 465. The number of nitrogens with one attached hydrogen (secondary N) is 2. The van der Waals surface area contributed by atoms with Gasteiger partial charge in [-0.25, -0.2) is 9.98 Å². The number of aliphatic imine (C=N–C) groups is 1. The topological polar surface area (TPSA) is 75.6 Å². The summed E-state index contributed by atoms with van der Waals surface area (Å²) in [5.74, 6) is 0.623. The van der Waals surface area contributed by atoms with Gasteiger partial charge in [-0.3, -0.25) is 4.79 Å². The molecule has 0 saturated carbocycles. The normalized spacial score (nSPS) is 10.8. The zero-order chi connectivity index (χ0) is 15.5. The summed E-state index contributed by atoms with van der Waals surface area (Å²) in [6, 6.07) is 0. The zero-order valence-electron chi connectivity index (χ0n) is 13.3. The van der Waals surface area contributed by atoms with Gasteiger partial charge in [0.15, 0.2) is 5.96 Å². The van der Waals surface area contributed by atoms with Crippen molar-refractivity contribution in [3.8, 4) is 0 Å². The third-order valence-electron chi connectivity index (χ3n) is 2.71. The second kappa shape index (κ2) is 12.6. The molecule has 0 amide bonds. The fourth-order valence-corrected chi connectivity index (χ4v) is 2.38. The van der Waals surface area contributed by atoms with Crippen molar-refractivity contribution >= 4 is 47.2 Å². The van der Waals surface area contributed by atoms with Crippen LogP contribution in [0.5, 0.6) is 0 Å². The van der Waals surface area contributed by atoms with Crippen LogP contribution >= 0.6 is 35.3 Å². The van der Waals surface area contributed by atoms with Crippen LogP contribution in [-0.2, 0) is 16.1 Å². The summed E-state index contributed by atoms with van der Waals surface area (Å²) < 4.78 is 4.60. The lowest BCUT2D eigenvalue weighted by atomic mass is 10.2. The summed E-state index contributed by atoms with van der Waals surface area (Å²) in [4.78, 5) is 21.0. The molecule has 0 bridgehead atoms. The molecule has 0 fully saturated rings. The van der Waals surface area contributed by atoms with Crippen molar-refractivity contribution in [3.63, 3.8) is 0 Å². The molecule has 1 aromatic heterocycles. The molecule has 0 spiro atoms. The van der Waals surface area contributed by atoms with Crippen LogP contribution in [0.3, 0.4) is 0 Å². The minimum Gasteiger partial charge on any atom is -0.469 e. The van der Waals surface area contributed by atoms with Crippen LogP contribution in [0.4, 0.5) is 0 Å². The molecule has 0 radical (unpaired) electrons. The number of guanidine groups is 1. The molecule has 22 heavy (non-hydrogen) atoms. The highest BCUT2D eigenvalue weighted by atomic mass is 127. The second-order valence-corrected chi connectivity index (χ2v) is 5.84. The monoisotopic (exact) mass is 440 g/mol. The molecule has 0 atom stereocenters. The Morgan fingerprint density at radius 2 is 2.18 bits per heavy atom. The number of halogens is 1. The zero-order valence-corrected chi connectivity index (χ0v) is 16.5. The first-order valence-electron chi connectivity index (χ1n) is 7.16. The van der Waals surface area contributed by atoms with Crippen molar-refractivity contribution in [2.45, 2.75) is 39.7 Å². The van der Waals surface area contributed by atoms with Crippen molar-refractivity contribution in [2.75, 3.05) is 20.2 Å². The van der Waals surface area contributed by atoms with E-state index in [9.17, 15) is 4.79 Å². The number of aromatic nitrogens is 1. The Morgan fingerprint density at radius 3 is 2.77 bits per heavy atom. The van der Waals surface area contributed by atoms with Gasteiger partial charge in [-0.2, -0.15) is 0 Å². The molecule has 0 saturated heterocycles. The maximum absolute atomic E-state index is 11.0. The van der Waals surface area contributed by atoms with E-state index in [1.165, 1.54) is 12.0 Å². The first-order chi connectivity index (χ1) is 10.2. The molecule has 1 aromatic rings. The number of carbonyl (C=O) groups is 1. The van der Waals surface area contributed by atoms with Gasteiger partial charge in [0.05, 0.1) is 13.7 Å². The average Bonchev–Trinajstić information content (AvgIpc) is 2.89. The fourth-order valence-electron chi connectivity index (χ4n) is 1.67. The summed E-state index contributed by atoms with van der Waals surface area (Å²) in [6.45, 7) is 6.23. The highest BCUT2D eigenvalue weighted by Crippen LogP contribution is 2.11. The first-order valence-corrected chi connectivity index (χ1v) is 7.97. The summed E-state index contributed by atoms with van der Waals surface area (Å²) in [7, 11) is 1.41. The molecule has 8 heteroatoms. The number of hydrogen-bond acceptors (Lipinski definition) is 5. The number of thiazole rings is 1. The van der Waals surface area contributed by atoms with E-state index in [2.05, 4.69) is 25.3 Å². The van der Waals surface area contributed by atoms with E-state index in [1.54, 1.807) is 11.3 Å². The Kier molecular flexibility index (Phi) is 12.1. The summed E-state index contributed by atoms with van der Waals surface area (Å²) in [5, 5.41) is 7.46. The number of unbranched alkanes of at least 4 members (excludes halogenated alkanes) is 1. The van der Waals surface area contributed by atoms with Crippen LogP contribution in [0.25, 0.3) is 0 Å². The smallest absolute Gasteiger partial charge is 0.305 e. The predicted molar refractivity (Wildman–Crippen MR) is 101 cm³/mol. The molecular formula is C14H25IN4O2S. The average molecular weight is 440 g/mol. The lowest BCUT2D eigenvalue weighted by Crippen LogP contribution is -2.37. The van der Waals surface area contributed by atoms with Crippen LogP contribution in [0.2, 0.25) is 0 Å². The predicted octanol–water partition coefficient (Wildman–Crippen LogP) is 2.47. The molecule has 0 aliphatic rings. The van der Waals surface area contributed by atoms with E-state index >= 15 is 0 Å². The molecule has 126 valence electrons. The van der Waals surface area contributed by atoms with E-state index < -0.39 is 0 Å². The van der Waals surface area contributed by atoms with Crippen molar-refractivity contribution in [3.05, 3.63) is 16.1 Å². The van der Waals surface area contributed by atoms with Crippen LogP contribution < -0.4 is 10.6 Å². The van der Waals surface area contributed by atoms with E-state index in [-0.39, 0.29) is 29.9 Å². The van der Waals surface area contributed by atoms with Crippen molar-refractivity contribution in [1.29, 1.82) is 0 Å². The molecule has 2 N–H and O–H groups in total. The van der Waals surface area contributed by atoms with Crippen LogP contribution in [0.1, 0.15) is 36.1 Å². The number of rotatable bonds is 8. The first kappa shape index (κ1) is 21.1. The highest BCUT2D eigenvalue weighted by Gasteiger charge is 2.02. The van der Waals surface area contributed by atoms with Gasteiger partial charge in [-0.1, -0.05) is 0 Å². The number of nitrogens with zero attached hydrogens (tertiary/aromatic N) is 2. The Balaban J connectivity index is 0.00000441. The van der Waals surface area contributed by atoms with E-state index in [4.69, 9.17) is 0 Å². The quantitative estimate of drug-likeness (QED) is 0.214. The molecular weight excluding hydrogens is 415 g/mol. The lowest BCUT2D eigenvalue weighted by Gasteiger charge is -2.10. The van der Waals surface area contributed by atoms with Gasteiger partial charge in [-0.15, -0.1) is 35.3 Å². The molecule has 0 unspecified atom stereocenters. The molecule has 6 nitrogen and oxygen atoms in total. The van der Waals surface area contributed by atoms with Gasteiger partial charge < -0.3 is 15.4 Å². The van der Waals surface area contributed by atoms with Crippen molar-refractivity contribution in [1.82, 2.24) is 15.6 Å². The van der Waals surface area contributed by atoms with Gasteiger partial charge in [0, 0.05) is 30.6 Å². The number of hydrogen-bond donors (Lipinski definition) is 2. The lowest BCUT2D eigenvalue weighted by molar-refractivity contribution is -0.140. The molecule has 1 rings (SSSR count). The van der Waals surface area contributed by atoms with Gasteiger partial charge >= 0.3 is 5.97 Å². The third kappa shape index (κ3) is 9.19. The van der Waals surface area contributed by atoms with Crippen molar-refractivity contribution in [2.24, 2.45) is 4.99 Å².